The van der Waals surface area contributed by atoms with E-state index in [2.05, 4.69) is 34.5 Å². The number of thioether (sulfide) groups is 1. The number of hydrogen-bond acceptors (Lipinski definition) is 4. The van der Waals surface area contributed by atoms with E-state index in [9.17, 15) is 4.79 Å². The van der Waals surface area contributed by atoms with E-state index < -0.39 is 5.60 Å². The maximum atomic E-state index is 12.2. The van der Waals surface area contributed by atoms with Gasteiger partial charge >= 0.3 is 6.09 Å². The molecular weight excluding hydrogens is 344 g/mol. The molecule has 26 heavy (non-hydrogen) atoms. The fraction of sp³-hybridized carbons (Fsp3) is 0.667. The van der Waals surface area contributed by atoms with Crippen LogP contribution in [-0.2, 0) is 4.74 Å². The minimum atomic E-state index is -0.466. The zero-order valence-electron chi connectivity index (χ0n) is 16.5. The summed E-state index contributed by atoms with van der Waals surface area (Å²) in [7, 11) is 0. The van der Waals surface area contributed by atoms with Crippen molar-refractivity contribution in [3.63, 3.8) is 0 Å². The number of amides is 1. The van der Waals surface area contributed by atoms with E-state index >= 15 is 0 Å². The number of ether oxygens (including phenoxy) is 1. The van der Waals surface area contributed by atoms with Crippen LogP contribution in [0.3, 0.4) is 0 Å². The van der Waals surface area contributed by atoms with Gasteiger partial charge < -0.3 is 15.0 Å². The van der Waals surface area contributed by atoms with Gasteiger partial charge in [0.1, 0.15) is 5.60 Å². The average molecular weight is 379 g/mol. The molecule has 0 radical (unpaired) electrons. The van der Waals surface area contributed by atoms with Crippen LogP contribution in [0.5, 0.6) is 0 Å². The standard InChI is InChI=1S/C21H34N2O2S/c1-21(2,3)25-20(24)22-18(17-26-19-11-7-6-8-12-19)13-16-23-14-9-4-5-10-15-23/h6-8,11-12,18H,4-5,9-10,13-17H2,1-3H3,(H,22,24)/t18-/m1/s1. The van der Waals surface area contributed by atoms with Crippen molar-refractivity contribution in [1.29, 1.82) is 0 Å². The fourth-order valence-corrected chi connectivity index (χ4v) is 4.08. The number of benzene rings is 1. The normalized spacial score (nSPS) is 17.3. The van der Waals surface area contributed by atoms with Crippen LogP contribution in [0.4, 0.5) is 4.79 Å². The molecule has 1 atom stereocenters. The molecular formula is C21H34N2O2S. The van der Waals surface area contributed by atoms with E-state index in [-0.39, 0.29) is 12.1 Å². The van der Waals surface area contributed by atoms with Gasteiger partial charge in [0.05, 0.1) is 0 Å². The van der Waals surface area contributed by atoms with Crippen molar-refractivity contribution >= 4 is 17.9 Å². The van der Waals surface area contributed by atoms with Crippen LogP contribution in [0.2, 0.25) is 0 Å². The summed E-state index contributed by atoms with van der Waals surface area (Å²) in [5.41, 5.74) is -0.466. The highest BCUT2D eigenvalue weighted by atomic mass is 32.2. The Morgan fingerprint density at radius 2 is 1.81 bits per heavy atom. The number of alkyl carbamates (subject to hydrolysis) is 1. The first-order chi connectivity index (χ1) is 12.4. The molecule has 5 heteroatoms. The minimum Gasteiger partial charge on any atom is -0.444 e. The molecule has 1 aromatic rings. The third-order valence-corrected chi connectivity index (χ3v) is 5.58. The lowest BCUT2D eigenvalue weighted by molar-refractivity contribution is 0.0504. The first-order valence-electron chi connectivity index (χ1n) is 9.82. The Hall–Kier alpha value is -1.20. The summed E-state index contributed by atoms with van der Waals surface area (Å²) in [5.74, 6) is 0.858. The van der Waals surface area contributed by atoms with Gasteiger partial charge in [0, 0.05) is 23.2 Å². The molecule has 1 amide bonds. The highest BCUT2D eigenvalue weighted by Gasteiger charge is 2.20. The van der Waals surface area contributed by atoms with Gasteiger partial charge in [0.15, 0.2) is 0 Å². The topological polar surface area (TPSA) is 41.6 Å². The molecule has 2 rings (SSSR count). The largest absolute Gasteiger partial charge is 0.444 e. The van der Waals surface area contributed by atoms with E-state index in [4.69, 9.17) is 4.74 Å². The van der Waals surface area contributed by atoms with Crippen molar-refractivity contribution in [2.24, 2.45) is 0 Å². The monoisotopic (exact) mass is 378 g/mol. The lowest BCUT2D eigenvalue weighted by atomic mass is 10.2. The second kappa shape index (κ2) is 10.8. The number of hydrogen-bond donors (Lipinski definition) is 1. The summed E-state index contributed by atoms with van der Waals surface area (Å²) in [6.45, 7) is 9.11. The molecule has 1 fully saturated rings. The number of likely N-dealkylation sites (tertiary alicyclic amines) is 1. The molecule has 1 aliphatic rings. The molecule has 1 N–H and O–H groups in total. The Morgan fingerprint density at radius 3 is 2.42 bits per heavy atom. The number of carbonyl (C=O) groups excluding carboxylic acids is 1. The molecule has 0 aromatic heterocycles. The second-order valence-electron chi connectivity index (χ2n) is 8.01. The Kier molecular flexibility index (Phi) is 8.79. The van der Waals surface area contributed by atoms with Gasteiger partial charge in [-0.1, -0.05) is 31.0 Å². The zero-order valence-corrected chi connectivity index (χ0v) is 17.3. The number of rotatable bonds is 7. The fourth-order valence-electron chi connectivity index (χ4n) is 3.08. The first-order valence-corrected chi connectivity index (χ1v) is 10.8. The van der Waals surface area contributed by atoms with Gasteiger partial charge in [0.25, 0.3) is 0 Å². The van der Waals surface area contributed by atoms with Gasteiger partial charge in [-0.25, -0.2) is 4.79 Å². The van der Waals surface area contributed by atoms with E-state index in [1.807, 2.05) is 26.8 Å². The Balaban J connectivity index is 1.87. The van der Waals surface area contributed by atoms with Crippen LogP contribution in [-0.4, -0.2) is 48.0 Å². The van der Waals surface area contributed by atoms with E-state index in [1.165, 1.54) is 43.7 Å². The van der Waals surface area contributed by atoms with Crippen LogP contribution in [0, 0.1) is 0 Å². The van der Waals surface area contributed by atoms with Gasteiger partial charge in [-0.05, 0) is 65.3 Å². The summed E-state index contributed by atoms with van der Waals surface area (Å²) < 4.78 is 5.46. The van der Waals surface area contributed by atoms with Crippen LogP contribution >= 0.6 is 11.8 Å². The summed E-state index contributed by atoms with van der Waals surface area (Å²) in [4.78, 5) is 16.0. The molecule has 146 valence electrons. The number of nitrogens with zero attached hydrogens (tertiary/aromatic N) is 1. The second-order valence-corrected chi connectivity index (χ2v) is 9.11. The lowest BCUT2D eigenvalue weighted by Gasteiger charge is -2.26. The SMILES string of the molecule is CC(C)(C)OC(=O)N[C@H](CCN1CCCCCC1)CSc1ccccc1. The van der Waals surface area contributed by atoms with Gasteiger partial charge in [-0.2, -0.15) is 0 Å². The summed E-state index contributed by atoms with van der Waals surface area (Å²) in [5, 5.41) is 3.09. The highest BCUT2D eigenvalue weighted by molar-refractivity contribution is 7.99. The van der Waals surface area contributed by atoms with Crippen molar-refractivity contribution < 1.29 is 9.53 Å². The van der Waals surface area contributed by atoms with Gasteiger partial charge in [-0.3, -0.25) is 0 Å². The molecule has 1 aromatic carbocycles. The maximum Gasteiger partial charge on any atom is 0.407 e. The van der Waals surface area contributed by atoms with Crippen LogP contribution in [0.1, 0.15) is 52.9 Å². The average Bonchev–Trinajstić information content (AvgIpc) is 2.85. The first kappa shape index (κ1) is 21.1. The minimum absolute atomic E-state index is 0.110. The number of nitrogens with one attached hydrogen (secondary N) is 1. The third kappa shape index (κ3) is 8.95. The molecule has 4 nitrogen and oxygen atoms in total. The lowest BCUT2D eigenvalue weighted by Crippen LogP contribution is -2.42. The third-order valence-electron chi connectivity index (χ3n) is 4.41. The predicted octanol–water partition coefficient (Wildman–Crippen LogP) is 4.94. The molecule has 1 aliphatic heterocycles. The van der Waals surface area contributed by atoms with Crippen molar-refractivity contribution in [2.75, 3.05) is 25.4 Å². The Bertz CT molecular complexity index is 523. The van der Waals surface area contributed by atoms with Crippen LogP contribution in [0.25, 0.3) is 0 Å². The van der Waals surface area contributed by atoms with E-state index in [0.717, 1.165) is 18.7 Å². The quantitative estimate of drug-likeness (QED) is 0.683. The summed E-state index contributed by atoms with van der Waals surface area (Å²) in [6.07, 6.45) is 5.93. The van der Waals surface area contributed by atoms with E-state index in [1.54, 1.807) is 11.8 Å². The molecule has 0 spiro atoms. The molecule has 1 heterocycles. The molecule has 0 saturated carbocycles. The molecule has 0 unspecified atom stereocenters. The summed E-state index contributed by atoms with van der Waals surface area (Å²) in [6, 6.07) is 10.5. The van der Waals surface area contributed by atoms with E-state index in [0.29, 0.717) is 0 Å². The van der Waals surface area contributed by atoms with Crippen molar-refractivity contribution in [3.8, 4) is 0 Å². The van der Waals surface area contributed by atoms with Crippen LogP contribution in [0.15, 0.2) is 35.2 Å². The van der Waals surface area contributed by atoms with Crippen molar-refractivity contribution in [2.45, 2.75) is 69.4 Å². The Labute approximate surface area is 163 Å². The highest BCUT2D eigenvalue weighted by Crippen LogP contribution is 2.20. The maximum absolute atomic E-state index is 12.2. The smallest absolute Gasteiger partial charge is 0.407 e. The molecule has 0 bridgehead atoms. The number of carbonyl (C=O) groups is 1. The molecule has 1 saturated heterocycles. The van der Waals surface area contributed by atoms with Gasteiger partial charge in [0.2, 0.25) is 0 Å². The zero-order chi connectivity index (χ0) is 18.8. The van der Waals surface area contributed by atoms with Crippen molar-refractivity contribution in [3.05, 3.63) is 30.3 Å². The van der Waals surface area contributed by atoms with Gasteiger partial charge in [-0.15, -0.1) is 11.8 Å². The van der Waals surface area contributed by atoms with Crippen molar-refractivity contribution in [1.82, 2.24) is 10.2 Å². The van der Waals surface area contributed by atoms with Crippen LogP contribution < -0.4 is 5.32 Å². The predicted molar refractivity (Wildman–Crippen MR) is 110 cm³/mol. The Morgan fingerprint density at radius 1 is 1.15 bits per heavy atom. The molecule has 0 aliphatic carbocycles. The summed E-state index contributed by atoms with van der Waals surface area (Å²) >= 11 is 1.79.